The molecule has 154 valence electrons. The number of unbranched alkanes of at least 4 members (excludes halogenated alkanes) is 2. The quantitative estimate of drug-likeness (QED) is 0.337. The molecule has 0 saturated carbocycles. The van der Waals surface area contributed by atoms with Crippen LogP contribution < -0.4 is 10.6 Å². The average Bonchev–Trinajstić information content (AvgIpc) is 2.56. The molecule has 0 rings (SSSR count). The molecule has 26 heavy (non-hydrogen) atoms. The molecule has 9 heteroatoms. The number of hydrogen-bond acceptors (Lipinski definition) is 4. The molecule has 0 aromatic carbocycles. The van der Waals surface area contributed by atoms with Crippen LogP contribution in [0.25, 0.3) is 0 Å². The molecule has 0 aliphatic rings. The van der Waals surface area contributed by atoms with E-state index >= 15 is 0 Å². The molecule has 2 amide bonds. The first kappa shape index (κ1) is 24.7. The Morgan fingerprint density at radius 3 is 2.15 bits per heavy atom. The molecule has 0 atom stereocenters. The van der Waals surface area contributed by atoms with E-state index in [1.807, 2.05) is 0 Å². The zero-order valence-electron chi connectivity index (χ0n) is 15.8. The number of hydrogen-bond donors (Lipinski definition) is 2. The summed E-state index contributed by atoms with van der Waals surface area (Å²) < 4.78 is 39.7. The van der Waals surface area contributed by atoms with Gasteiger partial charge < -0.3 is 20.3 Å². The van der Waals surface area contributed by atoms with Gasteiger partial charge in [0.25, 0.3) is 0 Å². The Labute approximate surface area is 153 Å². The summed E-state index contributed by atoms with van der Waals surface area (Å²) in [6.07, 6.45) is 0.882. The van der Waals surface area contributed by atoms with Crippen LogP contribution in [0.1, 0.15) is 52.4 Å². The van der Waals surface area contributed by atoms with Gasteiger partial charge in [-0.3, -0.25) is 9.59 Å². The third-order valence-electron chi connectivity index (χ3n) is 3.54. The third kappa shape index (κ3) is 16.1. The van der Waals surface area contributed by atoms with Gasteiger partial charge in [0.2, 0.25) is 11.8 Å². The molecule has 0 bridgehead atoms. The van der Waals surface area contributed by atoms with E-state index in [2.05, 4.69) is 34.1 Å². The Kier molecular flexibility index (Phi) is 14.0. The molecule has 0 aliphatic carbocycles. The van der Waals surface area contributed by atoms with Crippen molar-refractivity contribution in [2.75, 3.05) is 39.5 Å². The maximum atomic E-state index is 11.8. The van der Waals surface area contributed by atoms with Crippen LogP contribution in [-0.4, -0.2) is 62.4 Å². The molecule has 0 fully saturated rings. The van der Waals surface area contributed by atoms with Crippen molar-refractivity contribution in [1.29, 1.82) is 0 Å². The van der Waals surface area contributed by atoms with Crippen LogP contribution in [0.3, 0.4) is 0 Å². The standard InChI is InChI=1S/C17H32F3N3O3/c1-3-9-23(10-4-2)11-7-5-6-8-15(24)21-12-16(25)22-14-26-13-17(18,19)20/h3-14H2,1-2H3,(H,21,24)(H,22,25). The van der Waals surface area contributed by atoms with Gasteiger partial charge in [0, 0.05) is 6.42 Å². The number of carbonyl (C=O) groups excluding carboxylic acids is 2. The van der Waals surface area contributed by atoms with Crippen molar-refractivity contribution in [2.24, 2.45) is 0 Å². The van der Waals surface area contributed by atoms with Gasteiger partial charge in [0.1, 0.15) is 13.3 Å². The lowest BCUT2D eigenvalue weighted by Gasteiger charge is -2.20. The van der Waals surface area contributed by atoms with E-state index in [1.54, 1.807) is 0 Å². The predicted molar refractivity (Wildman–Crippen MR) is 93.5 cm³/mol. The highest BCUT2D eigenvalue weighted by molar-refractivity contribution is 5.84. The minimum absolute atomic E-state index is 0.240. The molecule has 2 N–H and O–H groups in total. The van der Waals surface area contributed by atoms with Crippen molar-refractivity contribution >= 4 is 11.8 Å². The lowest BCUT2D eigenvalue weighted by Crippen LogP contribution is -2.38. The number of alkyl halides is 3. The molecule has 0 unspecified atom stereocenters. The Hall–Kier alpha value is -1.35. The minimum atomic E-state index is -4.43. The second-order valence-corrected chi connectivity index (χ2v) is 6.14. The number of halogens is 3. The van der Waals surface area contributed by atoms with Crippen molar-refractivity contribution in [3.8, 4) is 0 Å². The summed E-state index contributed by atoms with van der Waals surface area (Å²) in [4.78, 5) is 25.4. The zero-order valence-corrected chi connectivity index (χ0v) is 15.8. The maximum absolute atomic E-state index is 11.8. The van der Waals surface area contributed by atoms with Gasteiger partial charge in [0.15, 0.2) is 0 Å². The van der Waals surface area contributed by atoms with Crippen LogP contribution in [0, 0.1) is 0 Å². The molecule has 0 aliphatic heterocycles. The Balaban J connectivity index is 3.63. The number of rotatable bonds is 15. The third-order valence-corrected chi connectivity index (χ3v) is 3.54. The normalized spacial score (nSPS) is 11.6. The first-order valence-electron chi connectivity index (χ1n) is 9.18. The summed E-state index contributed by atoms with van der Waals surface area (Å²) in [5, 5.41) is 4.58. The summed E-state index contributed by atoms with van der Waals surface area (Å²) in [7, 11) is 0. The van der Waals surface area contributed by atoms with Crippen LogP contribution >= 0.6 is 0 Å². The number of amides is 2. The summed E-state index contributed by atoms with van der Waals surface area (Å²) >= 11 is 0. The number of nitrogens with zero attached hydrogens (tertiary/aromatic N) is 1. The molecule has 0 aromatic rings. The van der Waals surface area contributed by atoms with Crippen molar-refractivity contribution in [1.82, 2.24) is 15.5 Å². The minimum Gasteiger partial charge on any atom is -0.352 e. The van der Waals surface area contributed by atoms with Crippen LogP contribution in [-0.2, 0) is 14.3 Å². The van der Waals surface area contributed by atoms with Crippen LogP contribution in [0.4, 0.5) is 13.2 Å². The fraction of sp³-hybridized carbons (Fsp3) is 0.882. The van der Waals surface area contributed by atoms with Crippen molar-refractivity contribution < 1.29 is 27.5 Å². The van der Waals surface area contributed by atoms with Gasteiger partial charge in [0.05, 0.1) is 6.54 Å². The summed E-state index contributed by atoms with van der Waals surface area (Å²) in [6, 6.07) is 0. The number of carbonyl (C=O) groups is 2. The highest BCUT2D eigenvalue weighted by Gasteiger charge is 2.27. The van der Waals surface area contributed by atoms with Crippen LogP contribution in [0.5, 0.6) is 0 Å². The second-order valence-electron chi connectivity index (χ2n) is 6.14. The van der Waals surface area contributed by atoms with Gasteiger partial charge in [-0.15, -0.1) is 0 Å². The molecule has 0 aromatic heterocycles. The maximum Gasteiger partial charge on any atom is 0.411 e. The van der Waals surface area contributed by atoms with E-state index in [4.69, 9.17) is 0 Å². The van der Waals surface area contributed by atoms with Crippen LogP contribution in [0.15, 0.2) is 0 Å². The van der Waals surface area contributed by atoms with E-state index < -0.39 is 25.4 Å². The van der Waals surface area contributed by atoms with E-state index in [0.717, 1.165) is 51.7 Å². The van der Waals surface area contributed by atoms with E-state index in [9.17, 15) is 22.8 Å². The first-order valence-corrected chi connectivity index (χ1v) is 9.18. The fourth-order valence-electron chi connectivity index (χ4n) is 2.39. The molecule has 0 spiro atoms. The smallest absolute Gasteiger partial charge is 0.352 e. The molecule has 6 nitrogen and oxygen atoms in total. The Morgan fingerprint density at radius 1 is 0.923 bits per heavy atom. The van der Waals surface area contributed by atoms with Crippen molar-refractivity contribution in [2.45, 2.75) is 58.5 Å². The van der Waals surface area contributed by atoms with E-state index in [0.29, 0.717) is 6.42 Å². The second kappa shape index (κ2) is 14.8. The van der Waals surface area contributed by atoms with Gasteiger partial charge >= 0.3 is 6.18 Å². The summed E-state index contributed by atoms with van der Waals surface area (Å²) in [5.74, 6) is -0.828. The van der Waals surface area contributed by atoms with Gasteiger partial charge in [-0.1, -0.05) is 20.3 Å². The number of nitrogens with one attached hydrogen (secondary N) is 2. The Morgan fingerprint density at radius 2 is 1.58 bits per heavy atom. The topological polar surface area (TPSA) is 70.7 Å². The average molecular weight is 383 g/mol. The van der Waals surface area contributed by atoms with E-state index in [-0.39, 0.29) is 12.5 Å². The SMILES string of the molecule is CCCN(CCC)CCCCCC(=O)NCC(=O)NCOCC(F)(F)F. The monoisotopic (exact) mass is 383 g/mol. The molecular weight excluding hydrogens is 351 g/mol. The predicted octanol–water partition coefficient (Wildman–Crippen LogP) is 2.44. The van der Waals surface area contributed by atoms with Gasteiger partial charge in [-0.2, -0.15) is 13.2 Å². The summed E-state index contributed by atoms with van der Waals surface area (Å²) in [5.41, 5.74) is 0. The number of ether oxygens (including phenoxy) is 1. The lowest BCUT2D eigenvalue weighted by atomic mass is 10.1. The summed E-state index contributed by atoms with van der Waals surface area (Å²) in [6.45, 7) is 5.30. The lowest BCUT2D eigenvalue weighted by molar-refractivity contribution is -0.176. The highest BCUT2D eigenvalue weighted by atomic mass is 19.4. The highest BCUT2D eigenvalue weighted by Crippen LogP contribution is 2.13. The molecule has 0 radical (unpaired) electrons. The molecule has 0 saturated heterocycles. The van der Waals surface area contributed by atoms with E-state index in [1.165, 1.54) is 0 Å². The Bertz CT molecular complexity index is 387. The fourth-order valence-corrected chi connectivity index (χ4v) is 2.39. The van der Waals surface area contributed by atoms with Gasteiger partial charge in [-0.25, -0.2) is 0 Å². The van der Waals surface area contributed by atoms with Crippen molar-refractivity contribution in [3.63, 3.8) is 0 Å². The van der Waals surface area contributed by atoms with Crippen molar-refractivity contribution in [3.05, 3.63) is 0 Å². The van der Waals surface area contributed by atoms with Crippen LogP contribution in [0.2, 0.25) is 0 Å². The van der Waals surface area contributed by atoms with Gasteiger partial charge in [-0.05, 0) is 45.3 Å². The zero-order chi connectivity index (χ0) is 19.8. The first-order chi connectivity index (χ1) is 12.3. The largest absolute Gasteiger partial charge is 0.411 e. The molecular formula is C17H32F3N3O3. The molecule has 0 heterocycles.